The summed E-state index contributed by atoms with van der Waals surface area (Å²) >= 11 is 6.17. The number of pyridine rings is 1. The maximum absolute atomic E-state index is 14.9. The minimum atomic E-state index is -0.649. The van der Waals surface area contributed by atoms with E-state index in [1.165, 1.54) is 6.20 Å². The first-order valence-electron chi connectivity index (χ1n) is 11.5. The number of halogens is 2. The number of nitrogens with zero attached hydrogens (tertiary/aromatic N) is 4. The van der Waals surface area contributed by atoms with E-state index >= 15 is 0 Å². The first-order valence-corrected chi connectivity index (χ1v) is 11.9. The largest absolute Gasteiger partial charge is 0.473 e. The Morgan fingerprint density at radius 3 is 2.86 bits per heavy atom. The van der Waals surface area contributed by atoms with Crippen LogP contribution >= 0.6 is 11.6 Å². The van der Waals surface area contributed by atoms with Crippen molar-refractivity contribution < 1.29 is 19.0 Å². The summed E-state index contributed by atoms with van der Waals surface area (Å²) in [5.74, 6) is -0.215. The maximum atomic E-state index is 14.9. The van der Waals surface area contributed by atoms with Crippen LogP contribution in [0.1, 0.15) is 30.9 Å². The number of aliphatic hydroxyl groups excluding tert-OH is 1. The van der Waals surface area contributed by atoms with Gasteiger partial charge in [-0.05, 0) is 23.8 Å². The molecule has 1 unspecified atom stereocenters. The van der Waals surface area contributed by atoms with Gasteiger partial charge in [-0.1, -0.05) is 18.5 Å². The number of hydrogen-bond donors (Lipinski definition) is 3. The van der Waals surface area contributed by atoms with E-state index in [0.717, 1.165) is 24.6 Å². The van der Waals surface area contributed by atoms with E-state index in [-0.39, 0.29) is 24.4 Å². The molecule has 5 rings (SSSR count). The summed E-state index contributed by atoms with van der Waals surface area (Å²) in [6.45, 7) is 3.45. The van der Waals surface area contributed by atoms with Gasteiger partial charge in [0.1, 0.15) is 23.6 Å². The molecule has 1 saturated heterocycles. The van der Waals surface area contributed by atoms with E-state index in [2.05, 4.69) is 31.7 Å². The lowest BCUT2D eigenvalue weighted by Crippen LogP contribution is -2.28. The number of hydrogen-bond acceptors (Lipinski definition) is 9. The molecule has 1 atom stereocenters. The Morgan fingerprint density at radius 2 is 2.11 bits per heavy atom. The van der Waals surface area contributed by atoms with E-state index in [1.54, 1.807) is 18.2 Å². The minimum Gasteiger partial charge on any atom is -0.473 e. The number of benzene rings is 1. The lowest BCUT2D eigenvalue weighted by molar-refractivity contribution is 0.0240. The average Bonchev–Trinajstić information content (AvgIpc) is 3.24. The normalized spacial score (nSPS) is 19.3. The van der Waals surface area contributed by atoms with Crippen molar-refractivity contribution in [3.63, 3.8) is 0 Å². The smallest absolute Gasteiger partial charge is 0.238 e. The van der Waals surface area contributed by atoms with Crippen LogP contribution in [0.15, 0.2) is 30.6 Å². The third kappa shape index (κ3) is 4.65. The maximum Gasteiger partial charge on any atom is 0.238 e. The molecule has 0 bridgehead atoms. The van der Waals surface area contributed by atoms with Crippen molar-refractivity contribution in [3.8, 4) is 23.2 Å². The first kappa shape index (κ1) is 24.2. The highest BCUT2D eigenvalue weighted by atomic mass is 35.5. The van der Waals surface area contributed by atoms with Gasteiger partial charge in [-0.2, -0.15) is 5.26 Å². The molecule has 11 heteroatoms. The number of aliphatic hydroxyl groups is 1. The van der Waals surface area contributed by atoms with Crippen molar-refractivity contribution >= 4 is 28.9 Å². The quantitative estimate of drug-likeness (QED) is 0.447. The number of aromatic nitrogens is 3. The lowest BCUT2D eigenvalue weighted by atomic mass is 9.83. The summed E-state index contributed by atoms with van der Waals surface area (Å²) in [4.78, 5) is 12.8. The second-order valence-corrected chi connectivity index (χ2v) is 9.52. The van der Waals surface area contributed by atoms with Crippen LogP contribution in [-0.4, -0.2) is 52.5 Å². The van der Waals surface area contributed by atoms with E-state index in [4.69, 9.17) is 21.1 Å². The fourth-order valence-electron chi connectivity index (χ4n) is 4.37. The number of nitriles is 1. The van der Waals surface area contributed by atoms with E-state index < -0.39 is 11.2 Å². The summed E-state index contributed by atoms with van der Waals surface area (Å²) in [5, 5.41) is 26.3. The SMILES string of the molecule is CC1(CO)CNc2c(C#N)cc(-c3nc(Nc4cc(Cl)cnc4OC4CCOCC4)ncc3F)cc21. The van der Waals surface area contributed by atoms with E-state index in [0.29, 0.717) is 53.2 Å². The highest BCUT2D eigenvalue weighted by Gasteiger charge is 2.36. The highest BCUT2D eigenvalue weighted by molar-refractivity contribution is 6.30. The van der Waals surface area contributed by atoms with Crippen LogP contribution in [-0.2, 0) is 10.2 Å². The molecule has 2 aromatic heterocycles. The molecular weight excluding hydrogens is 487 g/mol. The number of ether oxygens (including phenoxy) is 2. The monoisotopic (exact) mass is 510 g/mol. The van der Waals surface area contributed by atoms with Gasteiger partial charge >= 0.3 is 0 Å². The fraction of sp³-hybridized carbons (Fsp3) is 0.360. The Labute approximate surface area is 212 Å². The molecular formula is C25H24ClFN6O3. The third-order valence-electron chi connectivity index (χ3n) is 6.44. The van der Waals surface area contributed by atoms with Gasteiger partial charge in [0.25, 0.3) is 0 Å². The summed E-state index contributed by atoms with van der Waals surface area (Å²) in [6, 6.07) is 7.11. The molecule has 9 nitrogen and oxygen atoms in total. The molecule has 2 aliphatic heterocycles. The van der Waals surface area contributed by atoms with Crippen LogP contribution < -0.4 is 15.4 Å². The summed E-state index contributed by atoms with van der Waals surface area (Å²) in [7, 11) is 0. The van der Waals surface area contributed by atoms with Gasteiger partial charge in [-0.25, -0.2) is 19.3 Å². The molecule has 3 aromatic rings. The van der Waals surface area contributed by atoms with Crippen LogP contribution in [0.2, 0.25) is 5.02 Å². The second kappa shape index (κ2) is 9.85. The number of rotatable bonds is 6. The Balaban J connectivity index is 1.50. The molecule has 0 spiro atoms. The zero-order valence-electron chi connectivity index (χ0n) is 19.5. The van der Waals surface area contributed by atoms with Gasteiger partial charge in [0, 0.05) is 36.6 Å². The molecule has 2 aliphatic rings. The standard InChI is InChI=1S/C25H24ClFN6O3/c1-25(13-34)12-31-21-15(9-28)6-14(7-18(21)25)22-19(27)11-30-24(33-22)32-20-8-16(26)10-29-23(20)36-17-2-4-35-5-3-17/h6-8,10-11,17,31,34H,2-5,12-13H2,1H3,(H,30,32,33). The zero-order valence-corrected chi connectivity index (χ0v) is 20.3. The molecule has 36 heavy (non-hydrogen) atoms. The molecule has 4 heterocycles. The van der Waals surface area contributed by atoms with Crippen LogP contribution in [0.3, 0.4) is 0 Å². The molecule has 0 saturated carbocycles. The van der Waals surface area contributed by atoms with Crippen molar-refractivity contribution in [1.29, 1.82) is 5.26 Å². The van der Waals surface area contributed by atoms with Crippen molar-refractivity contribution in [1.82, 2.24) is 15.0 Å². The van der Waals surface area contributed by atoms with Crippen LogP contribution in [0.25, 0.3) is 11.3 Å². The van der Waals surface area contributed by atoms with Gasteiger partial charge in [0.2, 0.25) is 11.8 Å². The highest BCUT2D eigenvalue weighted by Crippen LogP contribution is 2.41. The van der Waals surface area contributed by atoms with E-state index in [1.807, 2.05) is 6.92 Å². The Hall–Kier alpha value is -3.52. The molecule has 0 amide bonds. The fourth-order valence-corrected chi connectivity index (χ4v) is 4.52. The van der Waals surface area contributed by atoms with Gasteiger partial charge in [-0.3, -0.25) is 0 Å². The van der Waals surface area contributed by atoms with Crippen molar-refractivity contribution in [2.24, 2.45) is 0 Å². The predicted octanol–water partition coefficient (Wildman–Crippen LogP) is 4.18. The number of anilines is 3. The number of fused-ring (bicyclic) bond motifs is 1. The molecule has 186 valence electrons. The van der Waals surface area contributed by atoms with Gasteiger partial charge in [0.15, 0.2) is 5.82 Å². The molecule has 0 radical (unpaired) electrons. The second-order valence-electron chi connectivity index (χ2n) is 9.08. The number of nitrogens with one attached hydrogen (secondary N) is 2. The van der Waals surface area contributed by atoms with Crippen LogP contribution in [0.4, 0.5) is 21.7 Å². The Kier molecular flexibility index (Phi) is 6.62. The van der Waals surface area contributed by atoms with Crippen molar-refractivity contribution in [2.45, 2.75) is 31.3 Å². The topological polar surface area (TPSA) is 125 Å². The van der Waals surface area contributed by atoms with Crippen LogP contribution in [0, 0.1) is 17.1 Å². The van der Waals surface area contributed by atoms with Gasteiger partial charge in [0.05, 0.1) is 42.3 Å². The Morgan fingerprint density at radius 1 is 1.31 bits per heavy atom. The zero-order chi connectivity index (χ0) is 25.3. The molecule has 0 aliphatic carbocycles. The Bertz CT molecular complexity index is 1340. The summed E-state index contributed by atoms with van der Waals surface area (Å²) in [6.07, 6.45) is 3.97. The van der Waals surface area contributed by atoms with Crippen LogP contribution in [0.5, 0.6) is 5.88 Å². The summed E-state index contributed by atoms with van der Waals surface area (Å²) < 4.78 is 26.4. The molecule has 1 aromatic carbocycles. The third-order valence-corrected chi connectivity index (χ3v) is 6.65. The summed E-state index contributed by atoms with van der Waals surface area (Å²) in [5.41, 5.74) is 1.97. The van der Waals surface area contributed by atoms with Crippen molar-refractivity contribution in [2.75, 3.05) is 37.0 Å². The van der Waals surface area contributed by atoms with E-state index in [9.17, 15) is 14.8 Å². The predicted molar refractivity (Wildman–Crippen MR) is 132 cm³/mol. The molecule has 1 fully saturated rings. The van der Waals surface area contributed by atoms with Crippen molar-refractivity contribution in [3.05, 3.63) is 52.6 Å². The van der Waals surface area contributed by atoms with Gasteiger partial charge < -0.3 is 25.2 Å². The minimum absolute atomic E-state index is 0.0147. The average molecular weight is 511 g/mol. The lowest BCUT2D eigenvalue weighted by Gasteiger charge is -2.24. The first-order chi connectivity index (χ1) is 17.4. The molecule has 3 N–H and O–H groups in total. The van der Waals surface area contributed by atoms with Gasteiger partial charge in [-0.15, -0.1) is 0 Å².